The highest BCUT2D eigenvalue weighted by molar-refractivity contribution is 6.30. The maximum atomic E-state index is 12.3. The molecule has 2 unspecified atom stereocenters. The summed E-state index contributed by atoms with van der Waals surface area (Å²) < 4.78 is 16.2. The Balaban J connectivity index is 1.92. The van der Waals surface area contributed by atoms with Crippen LogP contribution in [0.5, 0.6) is 11.5 Å². The van der Waals surface area contributed by atoms with Crippen molar-refractivity contribution in [2.24, 2.45) is 0 Å². The Morgan fingerprint density at radius 1 is 1.07 bits per heavy atom. The van der Waals surface area contributed by atoms with E-state index in [1.165, 1.54) is 13.8 Å². The van der Waals surface area contributed by atoms with Gasteiger partial charge < -0.3 is 19.5 Å². The molecule has 0 heterocycles. The standard InChI is InChI=1S/C20H22ClNO5/c1-4-25-18-11-6-5-10-17(18)22-19(23)13(2)27-20(24)14(3)26-16-9-7-8-15(21)12-16/h5-14H,4H2,1-3H3,(H,22,23). The zero-order valence-electron chi connectivity index (χ0n) is 15.4. The number of carbonyl (C=O) groups excluding carboxylic acids is 2. The average molecular weight is 392 g/mol. The van der Waals surface area contributed by atoms with Gasteiger partial charge in [-0.15, -0.1) is 0 Å². The summed E-state index contributed by atoms with van der Waals surface area (Å²) in [6.07, 6.45) is -1.90. The van der Waals surface area contributed by atoms with Crippen LogP contribution in [0.25, 0.3) is 0 Å². The minimum atomic E-state index is -1.00. The van der Waals surface area contributed by atoms with Crippen LogP contribution in [0.1, 0.15) is 20.8 Å². The molecule has 0 fully saturated rings. The number of rotatable bonds is 8. The number of carbonyl (C=O) groups is 2. The first-order chi connectivity index (χ1) is 12.9. The fourth-order valence-corrected chi connectivity index (χ4v) is 2.38. The third-order valence-electron chi connectivity index (χ3n) is 3.55. The Morgan fingerprint density at radius 2 is 1.81 bits per heavy atom. The Labute approximate surface area is 163 Å². The van der Waals surface area contributed by atoms with Crippen molar-refractivity contribution < 1.29 is 23.8 Å². The van der Waals surface area contributed by atoms with Crippen molar-refractivity contribution in [3.05, 3.63) is 53.6 Å². The fraction of sp³-hybridized carbons (Fsp3) is 0.300. The normalized spacial score (nSPS) is 12.6. The molecule has 27 heavy (non-hydrogen) atoms. The molecule has 1 amide bonds. The van der Waals surface area contributed by atoms with E-state index in [4.69, 9.17) is 25.8 Å². The molecule has 7 heteroatoms. The van der Waals surface area contributed by atoms with Crippen LogP contribution in [0.3, 0.4) is 0 Å². The highest BCUT2D eigenvalue weighted by Crippen LogP contribution is 2.24. The Kier molecular flexibility index (Phi) is 7.49. The quantitative estimate of drug-likeness (QED) is 0.686. The average Bonchev–Trinajstić information content (AvgIpc) is 2.63. The second-order valence-corrected chi connectivity index (χ2v) is 6.15. The van der Waals surface area contributed by atoms with Crippen molar-refractivity contribution in [2.45, 2.75) is 33.0 Å². The summed E-state index contributed by atoms with van der Waals surface area (Å²) in [7, 11) is 0. The number of halogens is 1. The van der Waals surface area contributed by atoms with Gasteiger partial charge in [-0.3, -0.25) is 4.79 Å². The third kappa shape index (κ3) is 6.18. The van der Waals surface area contributed by atoms with Gasteiger partial charge in [0.25, 0.3) is 5.91 Å². The van der Waals surface area contributed by atoms with Crippen LogP contribution >= 0.6 is 11.6 Å². The van der Waals surface area contributed by atoms with Gasteiger partial charge in [-0.1, -0.05) is 29.8 Å². The van der Waals surface area contributed by atoms with Gasteiger partial charge in [0.15, 0.2) is 12.2 Å². The van der Waals surface area contributed by atoms with Crippen LogP contribution in [-0.2, 0) is 14.3 Å². The zero-order chi connectivity index (χ0) is 19.8. The number of ether oxygens (including phenoxy) is 3. The molecule has 2 rings (SSSR count). The Morgan fingerprint density at radius 3 is 2.52 bits per heavy atom. The highest BCUT2D eigenvalue weighted by Gasteiger charge is 2.24. The van der Waals surface area contributed by atoms with Crippen molar-refractivity contribution in [1.82, 2.24) is 0 Å². The number of nitrogens with one attached hydrogen (secondary N) is 1. The van der Waals surface area contributed by atoms with Crippen molar-refractivity contribution in [3.8, 4) is 11.5 Å². The Bertz CT molecular complexity index is 795. The minimum Gasteiger partial charge on any atom is -0.492 e. The second-order valence-electron chi connectivity index (χ2n) is 5.71. The molecule has 1 N–H and O–H groups in total. The van der Waals surface area contributed by atoms with Crippen LogP contribution < -0.4 is 14.8 Å². The van der Waals surface area contributed by atoms with Crippen LogP contribution in [0.4, 0.5) is 5.69 Å². The van der Waals surface area contributed by atoms with E-state index in [1.807, 2.05) is 6.92 Å². The summed E-state index contributed by atoms with van der Waals surface area (Å²) >= 11 is 5.89. The summed E-state index contributed by atoms with van der Waals surface area (Å²) in [5.74, 6) is -0.139. The molecule has 6 nitrogen and oxygen atoms in total. The van der Waals surface area contributed by atoms with Gasteiger partial charge in [-0.2, -0.15) is 0 Å². The molecule has 144 valence electrons. The van der Waals surface area contributed by atoms with E-state index < -0.39 is 24.1 Å². The number of anilines is 1. The molecule has 2 atom stereocenters. The minimum absolute atomic E-state index is 0.440. The number of hydrogen-bond donors (Lipinski definition) is 1. The van der Waals surface area contributed by atoms with Gasteiger partial charge in [-0.05, 0) is 51.1 Å². The largest absolute Gasteiger partial charge is 0.492 e. The predicted molar refractivity (Wildman–Crippen MR) is 103 cm³/mol. The second kappa shape index (κ2) is 9.83. The summed E-state index contributed by atoms with van der Waals surface area (Å²) in [5.41, 5.74) is 0.510. The van der Waals surface area contributed by atoms with Gasteiger partial charge in [0.1, 0.15) is 11.5 Å². The lowest BCUT2D eigenvalue weighted by molar-refractivity contribution is -0.159. The molecule has 0 aliphatic heterocycles. The summed E-state index contributed by atoms with van der Waals surface area (Å²) in [5, 5.41) is 3.19. The molecular formula is C20H22ClNO5. The topological polar surface area (TPSA) is 73.9 Å². The number of para-hydroxylation sites is 2. The molecule has 0 saturated carbocycles. The first-order valence-corrected chi connectivity index (χ1v) is 8.94. The number of benzene rings is 2. The van der Waals surface area contributed by atoms with Crippen LogP contribution in [0.2, 0.25) is 5.02 Å². The molecule has 0 aliphatic rings. The lowest BCUT2D eigenvalue weighted by Gasteiger charge is -2.18. The molecular weight excluding hydrogens is 370 g/mol. The molecule has 0 aromatic heterocycles. The van der Waals surface area contributed by atoms with E-state index >= 15 is 0 Å². The van der Waals surface area contributed by atoms with Gasteiger partial charge in [0, 0.05) is 5.02 Å². The third-order valence-corrected chi connectivity index (χ3v) is 3.78. The first-order valence-electron chi connectivity index (χ1n) is 8.56. The summed E-state index contributed by atoms with van der Waals surface area (Å²) in [4.78, 5) is 24.5. The van der Waals surface area contributed by atoms with E-state index in [-0.39, 0.29) is 0 Å². The number of amides is 1. The maximum absolute atomic E-state index is 12.3. The summed E-state index contributed by atoms with van der Waals surface area (Å²) in [6, 6.07) is 13.7. The fourth-order valence-electron chi connectivity index (χ4n) is 2.20. The number of esters is 1. The zero-order valence-corrected chi connectivity index (χ0v) is 16.2. The molecule has 0 radical (unpaired) electrons. The highest BCUT2D eigenvalue weighted by atomic mass is 35.5. The van der Waals surface area contributed by atoms with E-state index in [9.17, 15) is 9.59 Å². The van der Waals surface area contributed by atoms with Crippen molar-refractivity contribution in [3.63, 3.8) is 0 Å². The SMILES string of the molecule is CCOc1ccccc1NC(=O)C(C)OC(=O)C(C)Oc1cccc(Cl)c1. The lowest BCUT2D eigenvalue weighted by Crippen LogP contribution is -2.35. The summed E-state index contributed by atoms with van der Waals surface area (Å²) in [6.45, 7) is 5.35. The smallest absolute Gasteiger partial charge is 0.347 e. The molecule has 0 spiro atoms. The first kappa shape index (κ1) is 20.6. The predicted octanol–water partition coefficient (Wildman–Crippen LogP) is 4.08. The van der Waals surface area contributed by atoms with Crippen molar-refractivity contribution >= 4 is 29.2 Å². The molecule has 0 saturated heterocycles. The van der Waals surface area contributed by atoms with Gasteiger partial charge in [0.2, 0.25) is 0 Å². The van der Waals surface area contributed by atoms with Gasteiger partial charge >= 0.3 is 5.97 Å². The van der Waals surface area contributed by atoms with E-state index in [0.29, 0.717) is 28.8 Å². The van der Waals surface area contributed by atoms with E-state index in [2.05, 4.69) is 5.32 Å². The van der Waals surface area contributed by atoms with E-state index in [0.717, 1.165) is 0 Å². The molecule has 2 aromatic carbocycles. The van der Waals surface area contributed by atoms with Gasteiger partial charge in [0.05, 0.1) is 12.3 Å². The maximum Gasteiger partial charge on any atom is 0.347 e. The van der Waals surface area contributed by atoms with Crippen molar-refractivity contribution in [1.29, 1.82) is 0 Å². The lowest BCUT2D eigenvalue weighted by atomic mass is 10.2. The Hall–Kier alpha value is -2.73. The van der Waals surface area contributed by atoms with Gasteiger partial charge in [-0.25, -0.2) is 4.79 Å². The van der Waals surface area contributed by atoms with Crippen molar-refractivity contribution in [2.75, 3.05) is 11.9 Å². The molecule has 0 bridgehead atoms. The van der Waals surface area contributed by atoms with Crippen LogP contribution in [-0.4, -0.2) is 30.7 Å². The van der Waals surface area contributed by atoms with Crippen LogP contribution in [0, 0.1) is 0 Å². The van der Waals surface area contributed by atoms with E-state index in [1.54, 1.807) is 48.5 Å². The molecule has 2 aromatic rings. The monoisotopic (exact) mass is 391 g/mol. The number of hydrogen-bond acceptors (Lipinski definition) is 5. The van der Waals surface area contributed by atoms with Crippen LogP contribution in [0.15, 0.2) is 48.5 Å². The molecule has 0 aliphatic carbocycles.